The standard InChI is InChI=1S/C14H12ClN3O4S/c15-9-3-1-4-10(7-9)22-8-12(19)17-18-14(23)16-13(20)11-5-2-6-21-11/h1-7H,8H2,(H,17,19)(H2,16,18,20,23). The van der Waals surface area contributed by atoms with Crippen molar-refractivity contribution in [2.24, 2.45) is 0 Å². The lowest BCUT2D eigenvalue weighted by Crippen LogP contribution is -2.49. The summed E-state index contributed by atoms with van der Waals surface area (Å²) < 4.78 is 10.1. The van der Waals surface area contributed by atoms with Gasteiger partial charge >= 0.3 is 0 Å². The fourth-order valence-corrected chi connectivity index (χ4v) is 1.80. The molecule has 1 aromatic carbocycles. The number of thiocarbonyl (C=S) groups is 1. The smallest absolute Gasteiger partial charge is 0.293 e. The highest BCUT2D eigenvalue weighted by Gasteiger charge is 2.10. The molecule has 0 aliphatic heterocycles. The number of hydrogen-bond acceptors (Lipinski definition) is 5. The Balaban J connectivity index is 1.69. The Morgan fingerprint density at radius 3 is 2.74 bits per heavy atom. The largest absolute Gasteiger partial charge is 0.484 e. The SMILES string of the molecule is O=C(COc1cccc(Cl)c1)NNC(=S)NC(=O)c1ccco1. The van der Waals surface area contributed by atoms with Crippen LogP contribution >= 0.6 is 23.8 Å². The van der Waals surface area contributed by atoms with Gasteiger partial charge in [0.15, 0.2) is 17.5 Å². The molecule has 0 unspecified atom stereocenters. The van der Waals surface area contributed by atoms with Crippen molar-refractivity contribution in [2.75, 3.05) is 6.61 Å². The molecule has 2 aromatic rings. The van der Waals surface area contributed by atoms with Crippen LogP contribution in [0.4, 0.5) is 0 Å². The molecule has 0 spiro atoms. The number of hydrazine groups is 1. The first-order valence-electron chi connectivity index (χ1n) is 6.36. The maximum absolute atomic E-state index is 11.6. The van der Waals surface area contributed by atoms with E-state index in [1.807, 2.05) is 0 Å². The van der Waals surface area contributed by atoms with Crippen molar-refractivity contribution in [1.29, 1.82) is 0 Å². The summed E-state index contributed by atoms with van der Waals surface area (Å²) in [4.78, 5) is 23.2. The third-order valence-electron chi connectivity index (χ3n) is 2.45. The van der Waals surface area contributed by atoms with Gasteiger partial charge in [0.2, 0.25) is 0 Å². The number of hydrogen-bond donors (Lipinski definition) is 3. The van der Waals surface area contributed by atoms with Gasteiger partial charge in [-0.2, -0.15) is 0 Å². The van der Waals surface area contributed by atoms with Crippen molar-refractivity contribution < 1.29 is 18.7 Å². The number of amides is 2. The lowest BCUT2D eigenvalue weighted by atomic mass is 10.3. The van der Waals surface area contributed by atoms with Gasteiger partial charge in [-0.1, -0.05) is 17.7 Å². The molecule has 0 bridgehead atoms. The molecule has 3 N–H and O–H groups in total. The topological polar surface area (TPSA) is 92.6 Å². The Morgan fingerprint density at radius 2 is 2.04 bits per heavy atom. The molecule has 0 radical (unpaired) electrons. The number of nitrogens with one attached hydrogen (secondary N) is 3. The molecule has 0 aliphatic rings. The first kappa shape index (κ1) is 16.8. The maximum atomic E-state index is 11.6. The molecular weight excluding hydrogens is 342 g/mol. The monoisotopic (exact) mass is 353 g/mol. The lowest BCUT2D eigenvalue weighted by molar-refractivity contribution is -0.123. The number of ether oxygens (including phenoxy) is 1. The minimum atomic E-state index is -0.531. The van der Waals surface area contributed by atoms with Crippen molar-refractivity contribution >= 4 is 40.7 Å². The molecule has 0 saturated carbocycles. The fraction of sp³-hybridized carbons (Fsp3) is 0.0714. The summed E-state index contributed by atoms with van der Waals surface area (Å²) in [6.45, 7) is -0.248. The summed E-state index contributed by atoms with van der Waals surface area (Å²) in [5.41, 5.74) is 4.66. The third kappa shape index (κ3) is 5.61. The third-order valence-corrected chi connectivity index (χ3v) is 2.89. The molecule has 0 saturated heterocycles. The Bertz CT molecular complexity index is 706. The number of rotatable bonds is 4. The highest BCUT2D eigenvalue weighted by molar-refractivity contribution is 7.80. The molecule has 0 fully saturated rings. The molecule has 2 rings (SSSR count). The Kier molecular flexibility index (Phi) is 5.95. The van der Waals surface area contributed by atoms with Crippen LogP contribution in [0.2, 0.25) is 5.02 Å². The van der Waals surface area contributed by atoms with E-state index in [-0.39, 0.29) is 17.5 Å². The minimum absolute atomic E-state index is 0.0810. The van der Waals surface area contributed by atoms with Crippen molar-refractivity contribution in [3.63, 3.8) is 0 Å². The second kappa shape index (κ2) is 8.16. The molecule has 2 amide bonds. The van der Waals surface area contributed by atoms with Crippen LogP contribution in [0.1, 0.15) is 10.6 Å². The molecule has 7 nitrogen and oxygen atoms in total. The van der Waals surface area contributed by atoms with Crippen LogP contribution in [0.15, 0.2) is 47.1 Å². The number of halogens is 1. The van der Waals surface area contributed by atoms with E-state index in [0.717, 1.165) is 0 Å². The van der Waals surface area contributed by atoms with E-state index in [0.29, 0.717) is 10.8 Å². The Hall–Kier alpha value is -2.58. The zero-order valence-electron chi connectivity index (χ0n) is 11.7. The molecule has 1 heterocycles. The van der Waals surface area contributed by atoms with Crippen LogP contribution in [-0.4, -0.2) is 23.5 Å². The molecule has 0 aliphatic carbocycles. The van der Waals surface area contributed by atoms with Gasteiger partial charge in [0.05, 0.1) is 6.26 Å². The molecule has 120 valence electrons. The van der Waals surface area contributed by atoms with Crippen molar-refractivity contribution in [2.45, 2.75) is 0 Å². The van der Waals surface area contributed by atoms with Gasteiger partial charge in [0, 0.05) is 5.02 Å². The first-order valence-corrected chi connectivity index (χ1v) is 7.15. The summed E-state index contributed by atoms with van der Waals surface area (Å²) in [5, 5.41) is 2.76. The maximum Gasteiger partial charge on any atom is 0.293 e. The zero-order chi connectivity index (χ0) is 16.7. The average molecular weight is 354 g/mol. The number of furan rings is 1. The molecule has 0 atom stereocenters. The van der Waals surface area contributed by atoms with Crippen LogP contribution in [0.3, 0.4) is 0 Å². The average Bonchev–Trinajstić information content (AvgIpc) is 3.05. The number of carbonyl (C=O) groups excluding carboxylic acids is 2. The van der Waals surface area contributed by atoms with E-state index in [1.54, 1.807) is 30.3 Å². The summed E-state index contributed by atoms with van der Waals surface area (Å²) in [6, 6.07) is 9.69. The summed E-state index contributed by atoms with van der Waals surface area (Å²) >= 11 is 10.7. The van der Waals surface area contributed by atoms with Crippen LogP contribution in [0.5, 0.6) is 5.75 Å². The van der Waals surface area contributed by atoms with Crippen molar-refractivity contribution in [1.82, 2.24) is 16.2 Å². The van der Waals surface area contributed by atoms with Crippen molar-refractivity contribution in [3.05, 3.63) is 53.4 Å². The number of carbonyl (C=O) groups is 2. The van der Waals surface area contributed by atoms with Gasteiger partial charge in [-0.15, -0.1) is 0 Å². The second-order valence-electron chi connectivity index (χ2n) is 4.18. The predicted molar refractivity (Wildman–Crippen MR) is 87.0 cm³/mol. The normalized spacial score (nSPS) is 9.78. The summed E-state index contributed by atoms with van der Waals surface area (Å²) in [6.07, 6.45) is 1.36. The van der Waals surface area contributed by atoms with E-state index >= 15 is 0 Å². The van der Waals surface area contributed by atoms with Gasteiger partial charge in [-0.05, 0) is 42.5 Å². The molecule has 23 heavy (non-hydrogen) atoms. The van der Waals surface area contributed by atoms with Gasteiger partial charge in [0.25, 0.3) is 11.8 Å². The minimum Gasteiger partial charge on any atom is -0.484 e. The summed E-state index contributed by atoms with van der Waals surface area (Å²) in [7, 11) is 0. The lowest BCUT2D eigenvalue weighted by Gasteiger charge is -2.10. The molecule has 1 aromatic heterocycles. The molecule has 9 heteroatoms. The summed E-state index contributed by atoms with van der Waals surface area (Å²) in [5.74, 6) is -0.456. The van der Waals surface area contributed by atoms with E-state index in [9.17, 15) is 9.59 Å². The van der Waals surface area contributed by atoms with Crippen LogP contribution in [0, 0.1) is 0 Å². The second-order valence-corrected chi connectivity index (χ2v) is 5.02. The highest BCUT2D eigenvalue weighted by Crippen LogP contribution is 2.16. The zero-order valence-corrected chi connectivity index (χ0v) is 13.2. The predicted octanol–water partition coefficient (Wildman–Crippen LogP) is 1.65. The van der Waals surface area contributed by atoms with Crippen LogP contribution in [0.25, 0.3) is 0 Å². The van der Waals surface area contributed by atoms with Crippen LogP contribution in [-0.2, 0) is 4.79 Å². The van der Waals surface area contributed by atoms with Gasteiger partial charge < -0.3 is 9.15 Å². The Labute approximate surface area is 141 Å². The van der Waals surface area contributed by atoms with E-state index in [2.05, 4.69) is 16.2 Å². The Morgan fingerprint density at radius 1 is 1.22 bits per heavy atom. The van der Waals surface area contributed by atoms with Crippen molar-refractivity contribution in [3.8, 4) is 5.75 Å². The van der Waals surface area contributed by atoms with Crippen LogP contribution < -0.4 is 20.9 Å². The van der Waals surface area contributed by atoms with E-state index < -0.39 is 11.8 Å². The quantitative estimate of drug-likeness (QED) is 0.571. The van der Waals surface area contributed by atoms with Gasteiger partial charge in [0.1, 0.15) is 5.75 Å². The van der Waals surface area contributed by atoms with E-state index in [1.165, 1.54) is 12.3 Å². The van der Waals surface area contributed by atoms with Gasteiger partial charge in [-0.25, -0.2) is 0 Å². The fourth-order valence-electron chi connectivity index (χ4n) is 1.47. The van der Waals surface area contributed by atoms with E-state index in [4.69, 9.17) is 33.0 Å². The van der Waals surface area contributed by atoms with Gasteiger partial charge in [-0.3, -0.25) is 25.8 Å². The first-order chi connectivity index (χ1) is 11.0. The molecular formula is C14H12ClN3O4S. The highest BCUT2D eigenvalue weighted by atomic mass is 35.5. The number of benzene rings is 1.